The van der Waals surface area contributed by atoms with Crippen LogP contribution in [0.5, 0.6) is 0 Å². The molecule has 0 aromatic heterocycles. The molecule has 0 unspecified atom stereocenters. The lowest BCUT2D eigenvalue weighted by atomic mass is 10.1. The molecule has 1 heterocycles. The highest BCUT2D eigenvalue weighted by Crippen LogP contribution is 2.40. The van der Waals surface area contributed by atoms with Gasteiger partial charge in [-0.3, -0.25) is 9.59 Å². The second-order valence-electron chi connectivity index (χ2n) is 5.54. The van der Waals surface area contributed by atoms with E-state index in [4.69, 9.17) is 11.6 Å². The first-order valence-electron chi connectivity index (χ1n) is 7.47. The molecule has 3 rings (SSSR count). The highest BCUT2D eigenvalue weighted by molar-refractivity contribution is 8.01. The van der Waals surface area contributed by atoms with Gasteiger partial charge in [0.15, 0.2) is 0 Å². The Morgan fingerprint density at radius 3 is 2.65 bits per heavy atom. The van der Waals surface area contributed by atoms with E-state index < -0.39 is 28.8 Å². The smallest absolute Gasteiger partial charge is 0.325 e. The van der Waals surface area contributed by atoms with Gasteiger partial charge in [-0.2, -0.15) is 13.2 Å². The average Bonchev–Trinajstić information content (AvgIpc) is 2.56. The van der Waals surface area contributed by atoms with Crippen molar-refractivity contribution in [2.24, 2.45) is 0 Å². The number of nitrogens with one attached hydrogen (secondary N) is 2. The van der Waals surface area contributed by atoms with E-state index in [-0.39, 0.29) is 12.1 Å². The zero-order valence-electron chi connectivity index (χ0n) is 13.1. The molecule has 0 saturated carbocycles. The first-order valence-corrected chi connectivity index (χ1v) is 8.73. The van der Waals surface area contributed by atoms with Gasteiger partial charge in [-0.1, -0.05) is 23.7 Å². The molecule has 0 aliphatic carbocycles. The van der Waals surface area contributed by atoms with Crippen molar-refractivity contribution in [1.82, 2.24) is 0 Å². The molecular weight excluding hydrogens is 389 g/mol. The number of halogens is 4. The van der Waals surface area contributed by atoms with E-state index in [1.165, 1.54) is 6.07 Å². The molecule has 1 aliphatic heterocycles. The Kier molecular flexibility index (Phi) is 5.15. The Balaban J connectivity index is 1.70. The Labute approximate surface area is 156 Å². The standard InChI is InChI=1S/C17H12ClF3N2O2S/c18-10-3-1-2-4-11(10)22-15(24)8-14-16(25)23-12-7-9(17(19,20)21)5-6-13(12)26-14/h1-7,14H,8H2,(H,22,24)(H,23,25)/t14-/m1/s1. The van der Waals surface area contributed by atoms with E-state index in [0.29, 0.717) is 15.6 Å². The number of thioether (sulfide) groups is 1. The second-order valence-corrected chi connectivity index (χ2v) is 7.19. The maximum atomic E-state index is 12.8. The monoisotopic (exact) mass is 400 g/mol. The SMILES string of the molecule is O=C(C[C@H]1Sc2ccc(C(F)(F)F)cc2NC1=O)Nc1ccccc1Cl. The summed E-state index contributed by atoms with van der Waals surface area (Å²) in [5.41, 5.74) is -0.319. The molecule has 2 aromatic carbocycles. The lowest BCUT2D eigenvalue weighted by molar-refractivity contribution is -0.137. The van der Waals surface area contributed by atoms with Crippen LogP contribution in [0.3, 0.4) is 0 Å². The van der Waals surface area contributed by atoms with E-state index in [2.05, 4.69) is 10.6 Å². The number of rotatable bonds is 3. The summed E-state index contributed by atoms with van der Waals surface area (Å²) in [6.07, 6.45) is -4.63. The highest BCUT2D eigenvalue weighted by atomic mass is 35.5. The molecule has 0 spiro atoms. The number of hydrogen-bond donors (Lipinski definition) is 2. The van der Waals surface area contributed by atoms with Crippen LogP contribution in [-0.2, 0) is 15.8 Å². The number of amides is 2. The van der Waals surface area contributed by atoms with Crippen molar-refractivity contribution >= 4 is 46.6 Å². The highest BCUT2D eigenvalue weighted by Gasteiger charge is 2.34. The fraction of sp³-hybridized carbons (Fsp3) is 0.176. The van der Waals surface area contributed by atoms with Crippen LogP contribution < -0.4 is 10.6 Å². The average molecular weight is 401 g/mol. The van der Waals surface area contributed by atoms with Crippen LogP contribution >= 0.6 is 23.4 Å². The number of benzene rings is 2. The zero-order chi connectivity index (χ0) is 18.9. The summed E-state index contributed by atoms with van der Waals surface area (Å²) < 4.78 is 38.3. The molecule has 0 bridgehead atoms. The maximum Gasteiger partial charge on any atom is 0.416 e. The Bertz CT molecular complexity index is 873. The molecule has 2 N–H and O–H groups in total. The Hall–Kier alpha value is -2.19. The predicted octanol–water partition coefficient (Wildman–Crippen LogP) is 4.80. The van der Waals surface area contributed by atoms with Crippen molar-refractivity contribution in [1.29, 1.82) is 0 Å². The fourth-order valence-electron chi connectivity index (χ4n) is 2.39. The van der Waals surface area contributed by atoms with Gasteiger partial charge in [0.2, 0.25) is 11.8 Å². The molecule has 0 saturated heterocycles. The zero-order valence-corrected chi connectivity index (χ0v) is 14.6. The molecule has 4 nitrogen and oxygen atoms in total. The van der Waals surface area contributed by atoms with Crippen LogP contribution in [0.25, 0.3) is 0 Å². The fourth-order valence-corrected chi connectivity index (χ4v) is 3.67. The van der Waals surface area contributed by atoms with Gasteiger partial charge in [-0.25, -0.2) is 0 Å². The summed E-state index contributed by atoms with van der Waals surface area (Å²) in [6, 6.07) is 9.80. The minimum atomic E-state index is -4.49. The van der Waals surface area contributed by atoms with Crippen molar-refractivity contribution in [2.45, 2.75) is 22.7 Å². The molecule has 2 amide bonds. The van der Waals surface area contributed by atoms with Crippen LogP contribution in [0.1, 0.15) is 12.0 Å². The van der Waals surface area contributed by atoms with Crippen LogP contribution in [0, 0.1) is 0 Å². The molecule has 0 fully saturated rings. The number of fused-ring (bicyclic) bond motifs is 1. The Morgan fingerprint density at radius 1 is 1.23 bits per heavy atom. The minimum absolute atomic E-state index is 0.0950. The van der Waals surface area contributed by atoms with Crippen LogP contribution in [0.2, 0.25) is 5.02 Å². The van der Waals surface area contributed by atoms with E-state index >= 15 is 0 Å². The van der Waals surface area contributed by atoms with Gasteiger partial charge < -0.3 is 10.6 Å². The van der Waals surface area contributed by atoms with Gasteiger partial charge in [0, 0.05) is 11.3 Å². The van der Waals surface area contributed by atoms with Crippen LogP contribution in [0.15, 0.2) is 47.4 Å². The quantitative estimate of drug-likeness (QED) is 0.778. The number of para-hydroxylation sites is 1. The molecule has 26 heavy (non-hydrogen) atoms. The number of carbonyl (C=O) groups excluding carboxylic acids is 2. The molecule has 9 heteroatoms. The third kappa shape index (κ3) is 4.13. The summed E-state index contributed by atoms with van der Waals surface area (Å²) in [4.78, 5) is 24.8. The third-order valence-electron chi connectivity index (χ3n) is 3.65. The van der Waals surface area contributed by atoms with Gasteiger partial charge >= 0.3 is 6.18 Å². The van der Waals surface area contributed by atoms with E-state index in [0.717, 1.165) is 23.9 Å². The van der Waals surface area contributed by atoms with Crippen molar-refractivity contribution in [3.05, 3.63) is 53.1 Å². The van der Waals surface area contributed by atoms with E-state index in [9.17, 15) is 22.8 Å². The van der Waals surface area contributed by atoms with Crippen LogP contribution in [-0.4, -0.2) is 17.1 Å². The summed E-state index contributed by atoms with van der Waals surface area (Å²) >= 11 is 7.02. The molecular formula is C17H12ClF3N2O2S. The number of alkyl halides is 3. The minimum Gasteiger partial charge on any atom is -0.325 e. The summed E-state index contributed by atoms with van der Waals surface area (Å²) in [5, 5.41) is 4.67. The van der Waals surface area contributed by atoms with Gasteiger partial charge in [0.05, 0.1) is 27.2 Å². The second kappa shape index (κ2) is 7.20. The normalized spacial score (nSPS) is 16.6. The van der Waals surface area contributed by atoms with E-state index in [1.807, 2.05) is 0 Å². The number of hydrogen-bond acceptors (Lipinski definition) is 3. The van der Waals surface area contributed by atoms with E-state index in [1.54, 1.807) is 24.3 Å². The largest absolute Gasteiger partial charge is 0.416 e. The maximum absolute atomic E-state index is 12.8. The van der Waals surface area contributed by atoms with Gasteiger partial charge in [0.1, 0.15) is 0 Å². The predicted molar refractivity (Wildman–Crippen MR) is 94.4 cm³/mol. The van der Waals surface area contributed by atoms with Crippen molar-refractivity contribution in [2.75, 3.05) is 10.6 Å². The van der Waals surface area contributed by atoms with Crippen molar-refractivity contribution < 1.29 is 22.8 Å². The summed E-state index contributed by atoms with van der Waals surface area (Å²) in [7, 11) is 0. The summed E-state index contributed by atoms with van der Waals surface area (Å²) in [6.45, 7) is 0. The first kappa shape index (κ1) is 18.6. The molecule has 1 atom stereocenters. The van der Waals surface area contributed by atoms with Crippen LogP contribution in [0.4, 0.5) is 24.5 Å². The molecule has 2 aromatic rings. The first-order chi connectivity index (χ1) is 12.2. The Morgan fingerprint density at radius 2 is 1.96 bits per heavy atom. The number of carbonyl (C=O) groups is 2. The van der Waals surface area contributed by atoms with Gasteiger partial charge in [-0.15, -0.1) is 11.8 Å². The number of anilines is 2. The van der Waals surface area contributed by atoms with Gasteiger partial charge in [0.25, 0.3) is 0 Å². The van der Waals surface area contributed by atoms with Crippen molar-refractivity contribution in [3.63, 3.8) is 0 Å². The lowest BCUT2D eigenvalue weighted by Gasteiger charge is -2.24. The molecule has 1 aliphatic rings. The molecule has 136 valence electrons. The van der Waals surface area contributed by atoms with Gasteiger partial charge in [-0.05, 0) is 30.3 Å². The summed E-state index contributed by atoms with van der Waals surface area (Å²) in [5.74, 6) is -0.933. The topological polar surface area (TPSA) is 58.2 Å². The molecule has 0 radical (unpaired) electrons. The lowest BCUT2D eigenvalue weighted by Crippen LogP contribution is -2.32. The third-order valence-corrected chi connectivity index (χ3v) is 5.25. The van der Waals surface area contributed by atoms with Crippen molar-refractivity contribution in [3.8, 4) is 0 Å².